The molecule has 0 radical (unpaired) electrons. The molecule has 0 aliphatic rings. The van der Waals surface area contributed by atoms with Gasteiger partial charge in [-0.05, 0) is 11.1 Å². The van der Waals surface area contributed by atoms with E-state index in [4.69, 9.17) is 0 Å². The summed E-state index contributed by atoms with van der Waals surface area (Å²) in [5, 5.41) is 0. The van der Waals surface area contributed by atoms with Crippen molar-refractivity contribution in [2.24, 2.45) is 0 Å². The lowest BCUT2D eigenvalue weighted by Gasteiger charge is -2.43. The molecule has 0 amide bonds. The maximum Gasteiger partial charge on any atom is 0.112 e. The minimum absolute atomic E-state index is 1.09. The van der Waals surface area contributed by atoms with Crippen LogP contribution in [0.2, 0.25) is 39.3 Å². The average molecular weight is 278 g/mol. The van der Waals surface area contributed by atoms with E-state index in [1.165, 1.54) is 11.1 Å². The van der Waals surface area contributed by atoms with Crippen molar-refractivity contribution in [3.8, 4) is 0 Å². The van der Waals surface area contributed by atoms with E-state index in [0.29, 0.717) is 0 Å². The van der Waals surface area contributed by atoms with E-state index in [0.717, 1.165) is 6.54 Å². The molecule has 1 aromatic carbocycles. The van der Waals surface area contributed by atoms with E-state index in [1.807, 2.05) is 6.08 Å². The quantitative estimate of drug-likeness (QED) is 0.699. The first-order valence-electron chi connectivity index (χ1n) is 6.64. The molecule has 0 spiro atoms. The summed E-state index contributed by atoms with van der Waals surface area (Å²) in [6, 6.07) is 8.75. The molecular formula is C15H27NSi2. The van der Waals surface area contributed by atoms with Gasteiger partial charge in [0.15, 0.2) is 0 Å². The van der Waals surface area contributed by atoms with Crippen molar-refractivity contribution < 1.29 is 0 Å². The standard InChI is InChI=1S/C15H27NSi2/c1-8-14-10-9-11-15(12-14)13-16(17(2,3)4)18(5,6)7/h8-12H,1,13H2,2-7H3. The second-order valence-electron chi connectivity index (χ2n) is 6.88. The lowest BCUT2D eigenvalue weighted by Crippen LogP contribution is -2.58. The summed E-state index contributed by atoms with van der Waals surface area (Å²) >= 11 is 0. The Kier molecular flexibility index (Phi) is 4.75. The minimum atomic E-state index is -1.26. The summed E-state index contributed by atoms with van der Waals surface area (Å²) in [5.41, 5.74) is 2.64. The lowest BCUT2D eigenvalue weighted by atomic mass is 10.1. The van der Waals surface area contributed by atoms with Crippen LogP contribution in [0, 0.1) is 0 Å². The molecule has 0 N–H and O–H groups in total. The Labute approximate surface area is 115 Å². The van der Waals surface area contributed by atoms with Crippen LogP contribution in [-0.2, 0) is 6.54 Å². The predicted octanol–water partition coefficient (Wildman–Crippen LogP) is 4.80. The number of nitrogens with zero attached hydrogens (tertiary/aromatic N) is 1. The molecule has 0 saturated carbocycles. The van der Waals surface area contributed by atoms with Crippen LogP contribution in [0.15, 0.2) is 30.8 Å². The summed E-state index contributed by atoms with van der Waals surface area (Å²) < 4.78 is 2.81. The third kappa shape index (κ3) is 4.23. The number of rotatable bonds is 5. The average Bonchev–Trinajstić information content (AvgIpc) is 2.23. The van der Waals surface area contributed by atoms with Gasteiger partial charge in [0.2, 0.25) is 0 Å². The van der Waals surface area contributed by atoms with Gasteiger partial charge < -0.3 is 4.23 Å². The van der Waals surface area contributed by atoms with Crippen LogP contribution in [0.3, 0.4) is 0 Å². The van der Waals surface area contributed by atoms with E-state index in [9.17, 15) is 0 Å². The molecule has 1 aromatic rings. The highest BCUT2D eigenvalue weighted by Crippen LogP contribution is 2.23. The molecule has 0 fully saturated rings. The highest BCUT2D eigenvalue weighted by Gasteiger charge is 2.34. The molecule has 0 bridgehead atoms. The zero-order valence-corrected chi connectivity index (χ0v) is 14.7. The first-order chi connectivity index (χ1) is 8.14. The monoisotopic (exact) mass is 277 g/mol. The third-order valence-corrected chi connectivity index (χ3v) is 10.7. The Bertz CT molecular complexity index is 399. The van der Waals surface area contributed by atoms with Crippen LogP contribution in [0.4, 0.5) is 0 Å². The normalized spacial score (nSPS) is 12.8. The van der Waals surface area contributed by atoms with Gasteiger partial charge in [-0.25, -0.2) is 0 Å². The van der Waals surface area contributed by atoms with Gasteiger partial charge in [-0.15, -0.1) is 0 Å². The molecule has 0 aliphatic heterocycles. The smallest absolute Gasteiger partial charge is 0.112 e. The zero-order valence-electron chi connectivity index (χ0n) is 12.7. The van der Waals surface area contributed by atoms with Crippen LogP contribution < -0.4 is 0 Å². The van der Waals surface area contributed by atoms with Gasteiger partial charge in [0.1, 0.15) is 16.5 Å². The summed E-state index contributed by atoms with van der Waals surface area (Å²) in [4.78, 5) is 0. The molecule has 1 rings (SSSR count). The fourth-order valence-corrected chi connectivity index (χ4v) is 11.8. The lowest BCUT2D eigenvalue weighted by molar-refractivity contribution is 0.611. The van der Waals surface area contributed by atoms with Gasteiger partial charge in [-0.1, -0.05) is 76.2 Å². The van der Waals surface area contributed by atoms with Crippen LogP contribution in [0.5, 0.6) is 0 Å². The number of hydrogen-bond acceptors (Lipinski definition) is 1. The van der Waals surface area contributed by atoms with E-state index in [2.05, 4.69) is 74.4 Å². The van der Waals surface area contributed by atoms with E-state index in [1.54, 1.807) is 0 Å². The van der Waals surface area contributed by atoms with E-state index >= 15 is 0 Å². The summed E-state index contributed by atoms with van der Waals surface area (Å²) in [6.07, 6.45) is 1.93. The second kappa shape index (κ2) is 5.55. The van der Waals surface area contributed by atoms with E-state index in [-0.39, 0.29) is 0 Å². The molecule has 3 heteroatoms. The van der Waals surface area contributed by atoms with Crippen molar-refractivity contribution in [2.75, 3.05) is 0 Å². The van der Waals surface area contributed by atoms with Crippen molar-refractivity contribution in [3.63, 3.8) is 0 Å². The third-order valence-electron chi connectivity index (χ3n) is 3.15. The van der Waals surface area contributed by atoms with Gasteiger partial charge in [-0.2, -0.15) is 0 Å². The molecular weight excluding hydrogens is 250 g/mol. The minimum Gasteiger partial charge on any atom is -0.342 e. The SMILES string of the molecule is C=Cc1cccc(CN([Si](C)(C)C)[Si](C)(C)C)c1. The molecule has 0 heterocycles. The Morgan fingerprint density at radius 3 is 2.06 bits per heavy atom. The first-order valence-corrected chi connectivity index (χ1v) is 13.5. The van der Waals surface area contributed by atoms with Gasteiger partial charge in [0, 0.05) is 6.54 Å². The Morgan fingerprint density at radius 2 is 1.61 bits per heavy atom. The molecule has 0 atom stereocenters. The molecule has 18 heavy (non-hydrogen) atoms. The largest absolute Gasteiger partial charge is 0.342 e. The van der Waals surface area contributed by atoms with Crippen molar-refractivity contribution in [1.29, 1.82) is 0 Å². The fraction of sp³-hybridized carbons (Fsp3) is 0.467. The summed E-state index contributed by atoms with van der Waals surface area (Å²) in [7, 11) is -2.53. The maximum atomic E-state index is 3.85. The molecule has 100 valence electrons. The van der Waals surface area contributed by atoms with Gasteiger partial charge in [0.25, 0.3) is 0 Å². The van der Waals surface area contributed by atoms with Gasteiger partial charge in [-0.3, -0.25) is 0 Å². The highest BCUT2D eigenvalue weighted by atomic mass is 28.4. The van der Waals surface area contributed by atoms with Crippen molar-refractivity contribution >= 4 is 22.5 Å². The predicted molar refractivity (Wildman–Crippen MR) is 88.8 cm³/mol. The van der Waals surface area contributed by atoms with Crippen LogP contribution in [0.1, 0.15) is 11.1 Å². The number of benzene rings is 1. The molecule has 0 aromatic heterocycles. The van der Waals surface area contributed by atoms with Crippen LogP contribution >= 0.6 is 0 Å². The highest BCUT2D eigenvalue weighted by molar-refractivity contribution is 6.89. The molecule has 0 aliphatic carbocycles. The maximum absolute atomic E-state index is 3.85. The second-order valence-corrected chi connectivity index (χ2v) is 17.1. The topological polar surface area (TPSA) is 3.24 Å². The van der Waals surface area contributed by atoms with Crippen molar-refractivity contribution in [1.82, 2.24) is 4.23 Å². The van der Waals surface area contributed by atoms with Crippen LogP contribution in [-0.4, -0.2) is 20.7 Å². The zero-order chi connectivity index (χ0) is 14.0. The van der Waals surface area contributed by atoms with Crippen LogP contribution in [0.25, 0.3) is 6.08 Å². The Hall–Kier alpha value is -0.646. The van der Waals surface area contributed by atoms with Crippen molar-refractivity contribution in [3.05, 3.63) is 42.0 Å². The molecule has 0 unspecified atom stereocenters. The van der Waals surface area contributed by atoms with Gasteiger partial charge in [0.05, 0.1) is 0 Å². The first kappa shape index (κ1) is 15.4. The van der Waals surface area contributed by atoms with Crippen molar-refractivity contribution in [2.45, 2.75) is 45.8 Å². The van der Waals surface area contributed by atoms with E-state index < -0.39 is 16.5 Å². The molecule has 0 saturated heterocycles. The Balaban J connectivity index is 3.00. The fourth-order valence-electron chi connectivity index (χ4n) is 2.48. The summed E-state index contributed by atoms with van der Waals surface area (Å²) in [5.74, 6) is 0. The molecule has 1 nitrogen and oxygen atoms in total. The summed E-state index contributed by atoms with van der Waals surface area (Å²) in [6.45, 7) is 19.6. The Morgan fingerprint density at radius 1 is 1.06 bits per heavy atom. The number of hydrogen-bond donors (Lipinski definition) is 0. The van der Waals surface area contributed by atoms with Gasteiger partial charge >= 0.3 is 0 Å².